The zero-order chi connectivity index (χ0) is 27.5. The summed E-state index contributed by atoms with van der Waals surface area (Å²) in [6.45, 7) is 5.72. The van der Waals surface area contributed by atoms with Gasteiger partial charge in [0.25, 0.3) is 0 Å². The summed E-state index contributed by atoms with van der Waals surface area (Å²) in [5.74, 6) is 1.54. The van der Waals surface area contributed by atoms with Gasteiger partial charge >= 0.3 is 6.09 Å². The van der Waals surface area contributed by atoms with Crippen LogP contribution < -0.4 is 15.1 Å². The van der Waals surface area contributed by atoms with Crippen LogP contribution in [0.3, 0.4) is 0 Å². The van der Waals surface area contributed by atoms with Crippen LogP contribution in [0.25, 0.3) is 17.0 Å². The summed E-state index contributed by atoms with van der Waals surface area (Å²) in [6.07, 6.45) is 3.61. The average Bonchev–Trinajstić information content (AvgIpc) is 3.63. The summed E-state index contributed by atoms with van der Waals surface area (Å²) < 4.78 is 15.8. The van der Waals surface area contributed by atoms with E-state index in [-0.39, 0.29) is 11.9 Å². The van der Waals surface area contributed by atoms with Gasteiger partial charge in [0.2, 0.25) is 0 Å². The highest BCUT2D eigenvalue weighted by atomic mass is 19.1. The number of hydrogen-bond donors (Lipinski definition) is 2. The first-order valence-electron chi connectivity index (χ1n) is 13.8. The van der Waals surface area contributed by atoms with Gasteiger partial charge in [0.15, 0.2) is 5.65 Å². The highest BCUT2D eigenvalue weighted by molar-refractivity contribution is 5.64. The van der Waals surface area contributed by atoms with Gasteiger partial charge in [0.05, 0.1) is 17.9 Å². The predicted molar refractivity (Wildman–Crippen MR) is 151 cm³/mol. The number of piperazine rings is 1. The number of carbonyl (C=O) groups is 1. The van der Waals surface area contributed by atoms with E-state index < -0.39 is 6.09 Å². The zero-order valence-electron chi connectivity index (χ0n) is 22.3. The minimum Gasteiger partial charge on any atom is -0.465 e. The molecule has 2 fully saturated rings. The molecule has 0 radical (unpaired) electrons. The molecule has 6 rings (SSSR count). The molecule has 0 saturated carbocycles. The first-order valence-corrected chi connectivity index (χ1v) is 13.8. The Balaban J connectivity index is 1.18. The molecule has 1 aromatic carbocycles. The standard InChI is InChI=1S/C29H33FN8O2/c30-22-6-1-5-21(19-22)24-8-3-14-37(24)28-11-10-26-32-20-25(38(26)34-28)23-7-2-9-27(33-23)36-17-15-35(16-18-36)13-4-12-31-29(39)40/h1-2,5-7,9-11,19-20,24,31H,3-4,8,12-18H2,(H,39,40). The van der Waals surface area contributed by atoms with Crippen molar-refractivity contribution in [1.29, 1.82) is 0 Å². The number of fused-ring (bicyclic) bond motifs is 1. The number of benzene rings is 1. The van der Waals surface area contributed by atoms with Gasteiger partial charge in [-0.3, -0.25) is 4.90 Å². The minimum atomic E-state index is -0.975. The van der Waals surface area contributed by atoms with Crippen molar-refractivity contribution in [3.8, 4) is 11.4 Å². The third kappa shape index (κ3) is 5.55. The lowest BCUT2D eigenvalue weighted by Gasteiger charge is -2.35. The predicted octanol–water partition coefficient (Wildman–Crippen LogP) is 4.05. The van der Waals surface area contributed by atoms with Crippen molar-refractivity contribution in [3.05, 3.63) is 72.2 Å². The summed E-state index contributed by atoms with van der Waals surface area (Å²) in [6, 6.07) is 16.9. The second-order valence-corrected chi connectivity index (χ2v) is 10.3. The number of imidazole rings is 1. The molecule has 5 heterocycles. The fraction of sp³-hybridized carbons (Fsp3) is 0.379. The molecule has 1 unspecified atom stereocenters. The molecule has 0 spiro atoms. The van der Waals surface area contributed by atoms with E-state index in [0.29, 0.717) is 6.54 Å². The van der Waals surface area contributed by atoms with E-state index in [2.05, 4.69) is 25.0 Å². The number of pyridine rings is 1. The number of aromatic nitrogens is 4. The summed E-state index contributed by atoms with van der Waals surface area (Å²) in [5.41, 5.74) is 3.35. The molecule has 0 aliphatic carbocycles. The summed E-state index contributed by atoms with van der Waals surface area (Å²) in [4.78, 5) is 27.1. The van der Waals surface area contributed by atoms with Crippen molar-refractivity contribution in [2.24, 2.45) is 0 Å². The molecule has 40 heavy (non-hydrogen) atoms. The van der Waals surface area contributed by atoms with Gasteiger partial charge in [0, 0.05) is 39.3 Å². The highest BCUT2D eigenvalue weighted by Gasteiger charge is 2.28. The van der Waals surface area contributed by atoms with Gasteiger partial charge in [0.1, 0.15) is 23.1 Å². The van der Waals surface area contributed by atoms with Crippen LogP contribution in [0.5, 0.6) is 0 Å². The Hall–Kier alpha value is -4.25. The van der Waals surface area contributed by atoms with E-state index in [1.165, 1.54) is 6.07 Å². The molecule has 2 aliphatic rings. The number of rotatable bonds is 8. The smallest absolute Gasteiger partial charge is 0.404 e. The third-order valence-electron chi connectivity index (χ3n) is 7.75. The second-order valence-electron chi connectivity index (χ2n) is 10.3. The average molecular weight is 545 g/mol. The second kappa shape index (κ2) is 11.5. The van der Waals surface area contributed by atoms with Crippen LogP contribution in [0, 0.1) is 5.82 Å². The minimum absolute atomic E-state index is 0.0844. The molecule has 3 aromatic heterocycles. The molecule has 0 bridgehead atoms. The first-order chi connectivity index (χ1) is 19.5. The monoisotopic (exact) mass is 544 g/mol. The van der Waals surface area contributed by atoms with E-state index in [4.69, 9.17) is 15.2 Å². The number of hydrogen-bond acceptors (Lipinski definition) is 7. The van der Waals surface area contributed by atoms with Crippen LogP contribution in [0.1, 0.15) is 30.9 Å². The molecule has 1 amide bonds. The molecular formula is C29H33FN8O2. The van der Waals surface area contributed by atoms with Crippen LogP contribution in [-0.4, -0.2) is 81.5 Å². The van der Waals surface area contributed by atoms with E-state index in [9.17, 15) is 9.18 Å². The normalized spacial score (nSPS) is 18.0. The van der Waals surface area contributed by atoms with Crippen molar-refractivity contribution >= 4 is 23.4 Å². The highest BCUT2D eigenvalue weighted by Crippen LogP contribution is 2.35. The molecular weight excluding hydrogens is 511 g/mol. The lowest BCUT2D eigenvalue weighted by Crippen LogP contribution is -2.47. The maximum absolute atomic E-state index is 14.0. The summed E-state index contributed by atoms with van der Waals surface area (Å²) in [7, 11) is 0. The topological polar surface area (TPSA) is 102 Å². The lowest BCUT2D eigenvalue weighted by atomic mass is 10.0. The molecule has 2 saturated heterocycles. The third-order valence-corrected chi connectivity index (χ3v) is 7.75. The van der Waals surface area contributed by atoms with E-state index in [0.717, 1.165) is 92.8 Å². The van der Waals surface area contributed by atoms with Crippen molar-refractivity contribution < 1.29 is 14.3 Å². The number of anilines is 2. The summed E-state index contributed by atoms with van der Waals surface area (Å²) >= 11 is 0. The maximum atomic E-state index is 14.0. The van der Waals surface area contributed by atoms with Crippen LogP contribution >= 0.6 is 0 Å². The molecule has 2 N–H and O–H groups in total. The van der Waals surface area contributed by atoms with Crippen molar-refractivity contribution in [2.45, 2.75) is 25.3 Å². The molecule has 11 heteroatoms. The van der Waals surface area contributed by atoms with Crippen LogP contribution in [0.15, 0.2) is 60.8 Å². The lowest BCUT2D eigenvalue weighted by molar-refractivity contribution is 0.192. The van der Waals surface area contributed by atoms with Crippen molar-refractivity contribution in [1.82, 2.24) is 29.8 Å². The van der Waals surface area contributed by atoms with Crippen LogP contribution in [0.4, 0.5) is 20.8 Å². The Morgan fingerprint density at radius 1 is 1.02 bits per heavy atom. The fourth-order valence-electron chi connectivity index (χ4n) is 5.73. The fourth-order valence-corrected chi connectivity index (χ4v) is 5.73. The number of nitrogens with zero attached hydrogens (tertiary/aromatic N) is 7. The quantitative estimate of drug-likeness (QED) is 0.321. The van der Waals surface area contributed by atoms with Gasteiger partial charge in [-0.05, 0) is 67.8 Å². The molecule has 2 aliphatic heterocycles. The number of halogens is 1. The van der Waals surface area contributed by atoms with E-state index >= 15 is 0 Å². The number of amides is 1. The van der Waals surface area contributed by atoms with Crippen LogP contribution in [0.2, 0.25) is 0 Å². The van der Waals surface area contributed by atoms with Gasteiger partial charge in [-0.2, -0.15) is 0 Å². The SMILES string of the molecule is O=C(O)NCCCN1CCN(c2cccc(-c3cnc4ccc(N5CCCC5c5cccc(F)c5)nn34)n2)CC1. The molecule has 4 aromatic rings. The first kappa shape index (κ1) is 26.0. The number of nitrogens with one attached hydrogen (secondary N) is 1. The molecule has 208 valence electrons. The Morgan fingerprint density at radius 3 is 2.70 bits per heavy atom. The Morgan fingerprint density at radius 2 is 1.88 bits per heavy atom. The Kier molecular flexibility index (Phi) is 7.45. The van der Waals surface area contributed by atoms with Gasteiger partial charge in [-0.15, -0.1) is 5.10 Å². The van der Waals surface area contributed by atoms with Gasteiger partial charge < -0.3 is 20.2 Å². The molecule has 1 atom stereocenters. The van der Waals surface area contributed by atoms with Crippen LogP contribution in [-0.2, 0) is 0 Å². The van der Waals surface area contributed by atoms with Crippen molar-refractivity contribution in [3.63, 3.8) is 0 Å². The molecule has 10 nitrogen and oxygen atoms in total. The zero-order valence-corrected chi connectivity index (χ0v) is 22.3. The summed E-state index contributed by atoms with van der Waals surface area (Å²) in [5, 5.41) is 16.1. The Labute approximate surface area is 232 Å². The Bertz CT molecular complexity index is 1490. The van der Waals surface area contributed by atoms with E-state index in [1.807, 2.05) is 47.1 Å². The van der Waals surface area contributed by atoms with Gasteiger partial charge in [-0.1, -0.05) is 18.2 Å². The largest absolute Gasteiger partial charge is 0.465 e. The van der Waals surface area contributed by atoms with Gasteiger partial charge in [-0.25, -0.2) is 23.7 Å². The van der Waals surface area contributed by atoms with E-state index in [1.54, 1.807) is 12.1 Å². The number of carboxylic acid groups (broad SMARTS) is 1. The van der Waals surface area contributed by atoms with Crippen molar-refractivity contribution in [2.75, 3.05) is 55.6 Å². The maximum Gasteiger partial charge on any atom is 0.404 e.